The first-order valence-electron chi connectivity index (χ1n) is 10.3. The van der Waals surface area contributed by atoms with E-state index in [2.05, 4.69) is 75.1 Å². The van der Waals surface area contributed by atoms with Gasteiger partial charge in [-0.2, -0.15) is 10.2 Å². The lowest BCUT2D eigenvalue weighted by Crippen LogP contribution is -2.04. The van der Waals surface area contributed by atoms with Crippen molar-refractivity contribution in [1.29, 1.82) is 0 Å². The molecule has 2 N–H and O–H groups in total. The summed E-state index contributed by atoms with van der Waals surface area (Å²) in [5.41, 5.74) is 3.42. The standard InChI is InChI=1S/C23H24N6/c1-2-5-10-16(9-4-1)20-24-22(28-26-20)18-13-8-14-19(15-18)23-25-21(27-29-23)17-11-6-3-7-12-17/h1,4,6,8,10-14,18H,2-3,5,7,9,15H2,(H,24,26,28)(H,25,27,29). The van der Waals surface area contributed by atoms with Crippen LogP contribution in [0.3, 0.4) is 0 Å². The first-order chi connectivity index (χ1) is 14.4. The van der Waals surface area contributed by atoms with Crippen molar-refractivity contribution in [2.45, 2.75) is 44.4 Å². The molecule has 0 aliphatic heterocycles. The van der Waals surface area contributed by atoms with Crippen LogP contribution in [0.2, 0.25) is 0 Å². The third-order valence-electron chi connectivity index (χ3n) is 5.49. The smallest absolute Gasteiger partial charge is 0.177 e. The summed E-state index contributed by atoms with van der Waals surface area (Å²) >= 11 is 0. The Morgan fingerprint density at radius 2 is 1.69 bits per heavy atom. The molecular formula is C23H24N6. The first-order valence-corrected chi connectivity index (χ1v) is 10.3. The van der Waals surface area contributed by atoms with E-state index in [4.69, 9.17) is 9.97 Å². The normalized spacial score (nSPS) is 21.5. The van der Waals surface area contributed by atoms with Crippen molar-refractivity contribution < 1.29 is 0 Å². The summed E-state index contributed by atoms with van der Waals surface area (Å²) in [5, 5.41) is 15.2. The number of hydrogen-bond donors (Lipinski definition) is 2. The summed E-state index contributed by atoms with van der Waals surface area (Å²) in [5.74, 6) is 3.44. The number of nitrogens with zero attached hydrogens (tertiary/aromatic N) is 4. The lowest BCUT2D eigenvalue weighted by Gasteiger charge is -2.14. The average Bonchev–Trinajstić information content (AvgIpc) is 3.39. The highest BCUT2D eigenvalue weighted by molar-refractivity contribution is 5.72. The van der Waals surface area contributed by atoms with Gasteiger partial charge < -0.3 is 0 Å². The number of nitrogens with one attached hydrogen (secondary N) is 2. The molecule has 3 aliphatic carbocycles. The maximum Gasteiger partial charge on any atom is 0.177 e. The van der Waals surface area contributed by atoms with Crippen LogP contribution >= 0.6 is 0 Å². The summed E-state index contributed by atoms with van der Waals surface area (Å²) in [6.45, 7) is 0. The van der Waals surface area contributed by atoms with Crippen LogP contribution in [0.5, 0.6) is 0 Å². The molecule has 2 aromatic heterocycles. The topological polar surface area (TPSA) is 83.1 Å². The van der Waals surface area contributed by atoms with E-state index in [1.54, 1.807) is 0 Å². The lowest BCUT2D eigenvalue weighted by atomic mass is 9.93. The minimum Gasteiger partial charge on any atom is -0.262 e. The summed E-state index contributed by atoms with van der Waals surface area (Å²) in [7, 11) is 0. The number of rotatable bonds is 4. The number of H-pyrrole nitrogens is 2. The SMILES string of the molecule is C1=CC(c2nc(C3=CCCC=CC3)n[nH]2)CC(c2n[nH]c(C3=CCCC=C3)n2)=C1. The van der Waals surface area contributed by atoms with Crippen LogP contribution in [-0.4, -0.2) is 30.4 Å². The molecule has 0 radical (unpaired) electrons. The summed E-state index contributed by atoms with van der Waals surface area (Å²) in [4.78, 5) is 9.52. The molecule has 0 bridgehead atoms. The van der Waals surface area contributed by atoms with Gasteiger partial charge in [0, 0.05) is 11.5 Å². The van der Waals surface area contributed by atoms with Crippen LogP contribution in [0.1, 0.15) is 67.7 Å². The van der Waals surface area contributed by atoms with Crippen molar-refractivity contribution in [3.05, 3.63) is 78.0 Å². The van der Waals surface area contributed by atoms with Gasteiger partial charge in [0.1, 0.15) is 5.82 Å². The van der Waals surface area contributed by atoms with Crippen LogP contribution < -0.4 is 0 Å². The van der Waals surface area contributed by atoms with Gasteiger partial charge >= 0.3 is 0 Å². The van der Waals surface area contributed by atoms with Gasteiger partial charge in [0.2, 0.25) is 0 Å². The van der Waals surface area contributed by atoms with Crippen LogP contribution in [0.15, 0.2) is 54.7 Å². The highest BCUT2D eigenvalue weighted by atomic mass is 15.2. The van der Waals surface area contributed by atoms with Crippen molar-refractivity contribution >= 4 is 16.7 Å². The zero-order valence-electron chi connectivity index (χ0n) is 16.3. The van der Waals surface area contributed by atoms with Gasteiger partial charge in [-0.3, -0.25) is 10.2 Å². The molecule has 0 aromatic carbocycles. The van der Waals surface area contributed by atoms with Gasteiger partial charge in [0.05, 0.1) is 0 Å². The van der Waals surface area contributed by atoms with Crippen molar-refractivity contribution in [1.82, 2.24) is 30.4 Å². The Hall–Kier alpha value is -3.28. The largest absolute Gasteiger partial charge is 0.262 e. The van der Waals surface area contributed by atoms with Crippen molar-refractivity contribution in [2.24, 2.45) is 0 Å². The van der Waals surface area contributed by atoms with Crippen molar-refractivity contribution in [3.63, 3.8) is 0 Å². The second-order valence-corrected chi connectivity index (χ2v) is 7.56. The molecule has 6 heteroatoms. The quantitative estimate of drug-likeness (QED) is 0.734. The molecule has 3 aliphatic rings. The Kier molecular flexibility index (Phi) is 4.90. The van der Waals surface area contributed by atoms with Gasteiger partial charge in [-0.05, 0) is 49.7 Å². The molecule has 0 amide bonds. The van der Waals surface area contributed by atoms with E-state index >= 15 is 0 Å². The summed E-state index contributed by atoms with van der Waals surface area (Å²) in [6.07, 6.45) is 25.5. The Morgan fingerprint density at radius 3 is 2.62 bits per heavy atom. The summed E-state index contributed by atoms with van der Waals surface area (Å²) < 4.78 is 0. The molecule has 0 saturated carbocycles. The van der Waals surface area contributed by atoms with Crippen molar-refractivity contribution in [2.75, 3.05) is 0 Å². The number of hydrogen-bond acceptors (Lipinski definition) is 4. The van der Waals surface area contributed by atoms with Gasteiger partial charge in [-0.15, -0.1) is 0 Å². The Morgan fingerprint density at radius 1 is 0.828 bits per heavy atom. The van der Waals surface area contributed by atoms with Crippen molar-refractivity contribution in [3.8, 4) is 0 Å². The Balaban J connectivity index is 1.32. The number of aromatic nitrogens is 6. The van der Waals surface area contributed by atoms with E-state index in [0.717, 1.165) is 73.0 Å². The fourth-order valence-corrected chi connectivity index (χ4v) is 3.89. The fraction of sp³-hybridized carbons (Fsp3) is 0.304. The molecule has 29 heavy (non-hydrogen) atoms. The number of aromatic amines is 2. The van der Waals surface area contributed by atoms with E-state index in [0.29, 0.717) is 0 Å². The van der Waals surface area contributed by atoms with Gasteiger partial charge in [-0.25, -0.2) is 9.97 Å². The van der Waals surface area contributed by atoms with Gasteiger partial charge in [0.15, 0.2) is 17.5 Å². The Bertz CT molecular complexity index is 1070. The average molecular weight is 384 g/mol. The highest BCUT2D eigenvalue weighted by Crippen LogP contribution is 2.32. The predicted octanol–water partition coefficient (Wildman–Crippen LogP) is 4.91. The zero-order valence-corrected chi connectivity index (χ0v) is 16.3. The molecular weight excluding hydrogens is 360 g/mol. The third-order valence-corrected chi connectivity index (χ3v) is 5.49. The Labute approximate surface area is 170 Å². The molecule has 0 spiro atoms. The van der Waals surface area contributed by atoms with Crippen LogP contribution in [-0.2, 0) is 0 Å². The minimum absolute atomic E-state index is 0.147. The monoisotopic (exact) mass is 384 g/mol. The zero-order chi connectivity index (χ0) is 19.5. The second kappa shape index (κ2) is 7.99. The van der Waals surface area contributed by atoms with Crippen LogP contribution in [0.25, 0.3) is 16.7 Å². The second-order valence-electron chi connectivity index (χ2n) is 7.56. The lowest BCUT2D eigenvalue weighted by molar-refractivity contribution is 0.783. The predicted molar refractivity (Wildman–Crippen MR) is 115 cm³/mol. The van der Waals surface area contributed by atoms with E-state index < -0.39 is 0 Å². The maximum absolute atomic E-state index is 4.79. The van der Waals surface area contributed by atoms with Crippen LogP contribution in [0, 0.1) is 0 Å². The van der Waals surface area contributed by atoms with Crippen LogP contribution in [0.4, 0.5) is 0 Å². The van der Waals surface area contributed by atoms with E-state index in [9.17, 15) is 0 Å². The van der Waals surface area contributed by atoms with Gasteiger partial charge in [0.25, 0.3) is 0 Å². The molecule has 6 nitrogen and oxygen atoms in total. The highest BCUT2D eigenvalue weighted by Gasteiger charge is 2.22. The molecule has 1 unspecified atom stereocenters. The van der Waals surface area contributed by atoms with E-state index in [-0.39, 0.29) is 5.92 Å². The summed E-state index contributed by atoms with van der Waals surface area (Å²) in [6, 6.07) is 0. The molecule has 5 rings (SSSR count). The maximum atomic E-state index is 4.79. The first kappa shape index (κ1) is 17.8. The fourth-order valence-electron chi connectivity index (χ4n) is 3.89. The van der Waals surface area contributed by atoms with E-state index in [1.807, 2.05) is 0 Å². The molecule has 0 saturated heterocycles. The number of allylic oxidation sites excluding steroid dienone is 12. The van der Waals surface area contributed by atoms with E-state index in [1.165, 1.54) is 5.57 Å². The molecule has 2 aromatic rings. The minimum atomic E-state index is 0.147. The van der Waals surface area contributed by atoms with Gasteiger partial charge in [-0.1, -0.05) is 54.7 Å². The molecule has 146 valence electrons. The third kappa shape index (κ3) is 3.83. The molecule has 1 atom stereocenters. The molecule has 2 heterocycles. The molecule has 0 fully saturated rings.